The van der Waals surface area contributed by atoms with Crippen molar-refractivity contribution in [2.24, 2.45) is 5.73 Å². The second-order valence-corrected chi connectivity index (χ2v) is 4.40. The number of halogens is 1. The lowest BCUT2D eigenvalue weighted by atomic mass is 10.0. The summed E-state index contributed by atoms with van der Waals surface area (Å²) in [7, 11) is 0. The maximum absolute atomic E-state index is 13.9. The number of nitrogens with two attached hydrogens (primary N) is 1. The summed E-state index contributed by atoms with van der Waals surface area (Å²) in [5.41, 5.74) is 6.95. The zero-order chi connectivity index (χ0) is 15.9. The summed E-state index contributed by atoms with van der Waals surface area (Å²) in [6.07, 6.45) is 0. The van der Waals surface area contributed by atoms with Crippen LogP contribution < -0.4 is 10.5 Å². The molecule has 2 rings (SSSR count). The van der Waals surface area contributed by atoms with E-state index in [0.29, 0.717) is 17.6 Å². The number of amides is 1. The van der Waals surface area contributed by atoms with E-state index in [1.807, 2.05) is 0 Å². The van der Waals surface area contributed by atoms with Gasteiger partial charge in [-0.25, -0.2) is 4.39 Å². The van der Waals surface area contributed by atoms with Gasteiger partial charge < -0.3 is 15.2 Å². The third-order valence-corrected chi connectivity index (χ3v) is 2.96. The monoisotopic (exact) mass is 303 g/mol. The molecular weight excluding hydrogens is 289 g/mol. The van der Waals surface area contributed by atoms with Gasteiger partial charge in [-0.3, -0.25) is 9.59 Å². The minimum Gasteiger partial charge on any atom is -0.487 e. The SMILES string of the molecule is NC(=O)c1ccc(-c2ccc(OCCOC=O)c(F)c2)cc1. The Balaban J connectivity index is 2.11. The van der Waals surface area contributed by atoms with E-state index in [9.17, 15) is 14.0 Å². The maximum atomic E-state index is 13.9. The van der Waals surface area contributed by atoms with Gasteiger partial charge in [-0.2, -0.15) is 0 Å². The van der Waals surface area contributed by atoms with E-state index in [0.717, 1.165) is 5.56 Å². The summed E-state index contributed by atoms with van der Waals surface area (Å²) >= 11 is 0. The molecule has 0 spiro atoms. The van der Waals surface area contributed by atoms with Gasteiger partial charge in [-0.1, -0.05) is 18.2 Å². The van der Waals surface area contributed by atoms with Crippen molar-refractivity contribution in [1.29, 1.82) is 0 Å². The third-order valence-electron chi connectivity index (χ3n) is 2.96. The molecule has 0 heterocycles. The Kier molecular flexibility index (Phi) is 5.08. The van der Waals surface area contributed by atoms with Crippen LogP contribution in [0.2, 0.25) is 0 Å². The van der Waals surface area contributed by atoms with Crippen LogP contribution in [0.15, 0.2) is 42.5 Å². The summed E-state index contributed by atoms with van der Waals surface area (Å²) in [5.74, 6) is -0.964. The number of benzene rings is 2. The fraction of sp³-hybridized carbons (Fsp3) is 0.125. The molecule has 1 amide bonds. The minimum absolute atomic E-state index is 0.0548. The Hall–Kier alpha value is -2.89. The van der Waals surface area contributed by atoms with Crippen molar-refractivity contribution in [2.45, 2.75) is 0 Å². The minimum atomic E-state index is -0.525. The smallest absolute Gasteiger partial charge is 0.293 e. The van der Waals surface area contributed by atoms with Gasteiger partial charge >= 0.3 is 0 Å². The Labute approximate surface area is 126 Å². The van der Waals surface area contributed by atoms with Gasteiger partial charge in [0.25, 0.3) is 6.47 Å². The van der Waals surface area contributed by atoms with Gasteiger partial charge in [0.2, 0.25) is 5.91 Å². The van der Waals surface area contributed by atoms with E-state index in [-0.39, 0.29) is 19.0 Å². The molecule has 0 aliphatic rings. The van der Waals surface area contributed by atoms with Crippen LogP contribution in [0.25, 0.3) is 11.1 Å². The van der Waals surface area contributed by atoms with Gasteiger partial charge in [0.1, 0.15) is 13.2 Å². The molecule has 2 aromatic rings. The molecular formula is C16H14FNO4. The largest absolute Gasteiger partial charge is 0.487 e. The zero-order valence-electron chi connectivity index (χ0n) is 11.6. The van der Waals surface area contributed by atoms with Crippen molar-refractivity contribution in [1.82, 2.24) is 0 Å². The molecule has 0 aliphatic carbocycles. The molecule has 2 N–H and O–H groups in total. The van der Waals surface area contributed by atoms with E-state index in [1.165, 1.54) is 12.1 Å². The van der Waals surface area contributed by atoms with Gasteiger partial charge in [-0.15, -0.1) is 0 Å². The second-order valence-electron chi connectivity index (χ2n) is 4.40. The first-order chi connectivity index (χ1) is 10.6. The number of carbonyl (C=O) groups is 2. The lowest BCUT2D eigenvalue weighted by molar-refractivity contribution is -0.129. The number of ether oxygens (including phenoxy) is 2. The average Bonchev–Trinajstić information content (AvgIpc) is 2.53. The molecule has 0 fully saturated rings. The number of primary amides is 1. The second kappa shape index (κ2) is 7.21. The molecule has 5 nitrogen and oxygen atoms in total. The van der Waals surface area contributed by atoms with Gasteiger partial charge in [0.15, 0.2) is 11.6 Å². The summed E-state index contributed by atoms with van der Waals surface area (Å²) < 4.78 is 23.6. The Morgan fingerprint density at radius 2 is 1.77 bits per heavy atom. The van der Waals surface area contributed by atoms with Crippen molar-refractivity contribution < 1.29 is 23.5 Å². The summed E-state index contributed by atoms with van der Waals surface area (Å²) in [6, 6.07) is 11.1. The third kappa shape index (κ3) is 3.82. The summed E-state index contributed by atoms with van der Waals surface area (Å²) in [5, 5.41) is 0. The first kappa shape index (κ1) is 15.5. The highest BCUT2D eigenvalue weighted by atomic mass is 19.1. The Morgan fingerprint density at radius 3 is 2.36 bits per heavy atom. The Morgan fingerprint density at radius 1 is 1.09 bits per heavy atom. The molecule has 2 aromatic carbocycles. The molecule has 0 radical (unpaired) electrons. The van der Waals surface area contributed by atoms with Crippen molar-refractivity contribution in [3.05, 3.63) is 53.8 Å². The predicted molar refractivity (Wildman–Crippen MR) is 77.9 cm³/mol. The van der Waals surface area contributed by atoms with Crippen LogP contribution in [0.3, 0.4) is 0 Å². The zero-order valence-corrected chi connectivity index (χ0v) is 11.6. The highest BCUT2D eigenvalue weighted by Gasteiger charge is 2.07. The molecule has 0 saturated heterocycles. The van der Waals surface area contributed by atoms with Crippen molar-refractivity contribution in [3.8, 4) is 16.9 Å². The lowest BCUT2D eigenvalue weighted by Crippen LogP contribution is -2.10. The van der Waals surface area contributed by atoms with E-state index in [2.05, 4.69) is 4.74 Å². The van der Waals surface area contributed by atoms with E-state index >= 15 is 0 Å². The first-order valence-electron chi connectivity index (χ1n) is 6.49. The van der Waals surface area contributed by atoms with Crippen LogP contribution in [-0.4, -0.2) is 25.6 Å². The topological polar surface area (TPSA) is 78.6 Å². The fourth-order valence-electron chi connectivity index (χ4n) is 1.87. The van der Waals surface area contributed by atoms with Gasteiger partial charge in [0.05, 0.1) is 0 Å². The lowest BCUT2D eigenvalue weighted by Gasteiger charge is -2.08. The van der Waals surface area contributed by atoms with E-state index < -0.39 is 11.7 Å². The van der Waals surface area contributed by atoms with Crippen LogP contribution in [0.4, 0.5) is 4.39 Å². The van der Waals surface area contributed by atoms with Gasteiger partial charge in [-0.05, 0) is 35.4 Å². The van der Waals surface area contributed by atoms with Gasteiger partial charge in [0, 0.05) is 5.56 Å². The van der Waals surface area contributed by atoms with Crippen LogP contribution >= 0.6 is 0 Å². The average molecular weight is 303 g/mol. The predicted octanol–water partition coefficient (Wildman–Crippen LogP) is 2.14. The summed E-state index contributed by atoms with van der Waals surface area (Å²) in [6.45, 7) is 0.431. The molecule has 6 heteroatoms. The standard InChI is InChI=1S/C16H14FNO4/c17-14-9-13(5-6-15(14)22-8-7-21-10-19)11-1-3-12(4-2-11)16(18)20/h1-6,9-10H,7-8H2,(H2,18,20). The molecule has 0 saturated carbocycles. The Bertz CT molecular complexity index is 670. The number of carbonyl (C=O) groups excluding carboxylic acids is 2. The first-order valence-corrected chi connectivity index (χ1v) is 6.49. The van der Waals surface area contributed by atoms with Crippen LogP contribution in [0.5, 0.6) is 5.75 Å². The highest BCUT2D eigenvalue weighted by molar-refractivity contribution is 5.93. The number of rotatable bonds is 7. The van der Waals surface area contributed by atoms with Crippen molar-refractivity contribution in [3.63, 3.8) is 0 Å². The quantitative estimate of drug-likeness (QED) is 0.628. The summed E-state index contributed by atoms with van der Waals surface area (Å²) in [4.78, 5) is 21.0. The molecule has 0 aliphatic heterocycles. The molecule has 0 bridgehead atoms. The normalized spacial score (nSPS) is 10.0. The highest BCUT2D eigenvalue weighted by Crippen LogP contribution is 2.26. The van der Waals surface area contributed by atoms with Crippen LogP contribution in [0, 0.1) is 5.82 Å². The van der Waals surface area contributed by atoms with Crippen molar-refractivity contribution >= 4 is 12.4 Å². The van der Waals surface area contributed by atoms with E-state index in [4.69, 9.17) is 10.5 Å². The number of hydrogen-bond donors (Lipinski definition) is 1. The molecule has 0 aromatic heterocycles. The molecule has 0 atom stereocenters. The van der Waals surface area contributed by atoms with E-state index in [1.54, 1.807) is 30.3 Å². The maximum Gasteiger partial charge on any atom is 0.293 e. The molecule has 114 valence electrons. The fourth-order valence-corrected chi connectivity index (χ4v) is 1.87. The molecule has 22 heavy (non-hydrogen) atoms. The van der Waals surface area contributed by atoms with Crippen molar-refractivity contribution in [2.75, 3.05) is 13.2 Å². The van der Waals surface area contributed by atoms with Crippen LogP contribution in [0.1, 0.15) is 10.4 Å². The number of hydrogen-bond acceptors (Lipinski definition) is 4. The van der Waals surface area contributed by atoms with Crippen LogP contribution in [-0.2, 0) is 9.53 Å². The molecule has 0 unspecified atom stereocenters.